The summed E-state index contributed by atoms with van der Waals surface area (Å²) in [6.45, 7) is 3.38. The molecule has 39 heavy (non-hydrogen) atoms. The zero-order chi connectivity index (χ0) is 27.6. The molecule has 5 rings (SSSR count). The number of hydrogen-bond acceptors (Lipinski definition) is 9. The van der Waals surface area contributed by atoms with Crippen molar-refractivity contribution in [2.24, 2.45) is 0 Å². The first kappa shape index (κ1) is 26.2. The van der Waals surface area contributed by atoms with Crippen molar-refractivity contribution in [2.75, 3.05) is 18.9 Å². The van der Waals surface area contributed by atoms with E-state index in [9.17, 15) is 8.42 Å². The molecule has 0 fully saturated rings. The monoisotopic (exact) mass is 545 g/mol. The molecule has 0 amide bonds. The van der Waals surface area contributed by atoms with Gasteiger partial charge in [-0.2, -0.15) is 0 Å². The Hall–Kier alpha value is -4.42. The van der Waals surface area contributed by atoms with Crippen LogP contribution in [0, 0.1) is 6.92 Å². The first-order chi connectivity index (χ1) is 18.8. The number of pyridine rings is 1. The molecule has 0 spiro atoms. The van der Waals surface area contributed by atoms with E-state index in [4.69, 9.17) is 9.47 Å². The molecule has 0 saturated heterocycles. The van der Waals surface area contributed by atoms with Crippen LogP contribution in [0.4, 0.5) is 5.95 Å². The fourth-order valence-corrected chi connectivity index (χ4v) is 5.30. The summed E-state index contributed by atoms with van der Waals surface area (Å²) in [6.07, 6.45) is 2.31. The molecule has 0 aliphatic heterocycles. The predicted octanol–water partition coefficient (Wildman–Crippen LogP) is 4.11. The summed E-state index contributed by atoms with van der Waals surface area (Å²) in [4.78, 5) is 13.0. The standard InChI is InChI=1S/C27H27N7O4S/c1-17-15-28-25(29-16-17)24(38-4)18(2)39(35,36)33-27-32-31-26(22-10-7-11-23(30-22)37-3)34(27)21-13-12-19-8-5-6-9-20(19)14-21/h5-16,18,24H,1-4H3,(H,32,33). The van der Waals surface area contributed by atoms with E-state index in [-0.39, 0.29) is 11.8 Å². The number of fused-ring (bicyclic) bond motifs is 1. The van der Waals surface area contributed by atoms with Crippen molar-refractivity contribution in [3.8, 4) is 23.1 Å². The Morgan fingerprint density at radius 1 is 0.923 bits per heavy atom. The Balaban J connectivity index is 1.59. The molecule has 3 heterocycles. The molecule has 2 atom stereocenters. The lowest BCUT2D eigenvalue weighted by atomic mass is 10.1. The van der Waals surface area contributed by atoms with Crippen LogP contribution in [-0.4, -0.2) is 57.6 Å². The van der Waals surface area contributed by atoms with Gasteiger partial charge < -0.3 is 9.47 Å². The second kappa shape index (κ2) is 10.8. The molecule has 1 N–H and O–H groups in total. The Kier molecular flexibility index (Phi) is 7.22. The number of hydrogen-bond donors (Lipinski definition) is 1. The topological polar surface area (TPSA) is 134 Å². The van der Waals surface area contributed by atoms with Crippen LogP contribution < -0.4 is 9.46 Å². The number of aryl methyl sites for hydroxylation is 1. The Labute approximate surface area is 225 Å². The number of nitrogens with zero attached hydrogens (tertiary/aromatic N) is 6. The molecule has 0 saturated carbocycles. The minimum absolute atomic E-state index is 0.00331. The molecule has 0 radical (unpaired) electrons. The zero-order valence-electron chi connectivity index (χ0n) is 21.8. The molecule has 2 unspecified atom stereocenters. The van der Waals surface area contributed by atoms with Gasteiger partial charge in [0.05, 0.1) is 12.8 Å². The molecule has 0 bridgehead atoms. The molecule has 0 aliphatic rings. The van der Waals surface area contributed by atoms with Crippen LogP contribution >= 0.6 is 0 Å². The minimum atomic E-state index is -4.06. The van der Waals surface area contributed by atoms with E-state index in [1.165, 1.54) is 21.1 Å². The highest BCUT2D eigenvalue weighted by Gasteiger charge is 2.34. The van der Waals surface area contributed by atoms with Crippen LogP contribution in [0.2, 0.25) is 0 Å². The number of aromatic nitrogens is 6. The number of anilines is 1. The summed E-state index contributed by atoms with van der Waals surface area (Å²) >= 11 is 0. The van der Waals surface area contributed by atoms with Gasteiger partial charge in [-0.3, -0.25) is 9.29 Å². The van der Waals surface area contributed by atoms with Gasteiger partial charge in [-0.25, -0.2) is 23.4 Å². The lowest BCUT2D eigenvalue weighted by Crippen LogP contribution is -2.33. The summed E-state index contributed by atoms with van der Waals surface area (Å²) in [7, 11) is -1.12. The third-order valence-electron chi connectivity index (χ3n) is 6.27. The van der Waals surface area contributed by atoms with E-state index >= 15 is 0 Å². The number of benzene rings is 2. The van der Waals surface area contributed by atoms with Crippen LogP contribution in [0.15, 0.2) is 73.1 Å². The molecule has 2 aromatic carbocycles. The molecule has 5 aromatic rings. The van der Waals surface area contributed by atoms with Crippen molar-refractivity contribution < 1.29 is 17.9 Å². The molecule has 12 heteroatoms. The van der Waals surface area contributed by atoms with Gasteiger partial charge in [0.15, 0.2) is 11.6 Å². The van der Waals surface area contributed by atoms with Crippen molar-refractivity contribution >= 4 is 26.7 Å². The van der Waals surface area contributed by atoms with Crippen LogP contribution in [0.5, 0.6) is 5.88 Å². The predicted molar refractivity (Wildman–Crippen MR) is 147 cm³/mol. The maximum absolute atomic E-state index is 13.6. The lowest BCUT2D eigenvalue weighted by Gasteiger charge is -2.22. The van der Waals surface area contributed by atoms with Crippen LogP contribution in [0.25, 0.3) is 28.0 Å². The molecular weight excluding hydrogens is 518 g/mol. The molecule has 200 valence electrons. The summed E-state index contributed by atoms with van der Waals surface area (Å²) < 4.78 is 42.3. The van der Waals surface area contributed by atoms with Crippen molar-refractivity contribution in [1.29, 1.82) is 0 Å². The van der Waals surface area contributed by atoms with Gasteiger partial charge in [-0.1, -0.05) is 36.4 Å². The Morgan fingerprint density at radius 2 is 1.67 bits per heavy atom. The fourth-order valence-electron chi connectivity index (χ4n) is 4.17. The largest absolute Gasteiger partial charge is 0.481 e. The maximum atomic E-state index is 13.6. The van der Waals surface area contributed by atoms with Crippen molar-refractivity contribution in [1.82, 2.24) is 29.7 Å². The van der Waals surface area contributed by atoms with Gasteiger partial charge in [-0.15, -0.1) is 10.2 Å². The van der Waals surface area contributed by atoms with E-state index in [1.807, 2.05) is 49.4 Å². The van der Waals surface area contributed by atoms with Gasteiger partial charge in [0.2, 0.25) is 21.9 Å². The highest BCUT2D eigenvalue weighted by molar-refractivity contribution is 7.93. The van der Waals surface area contributed by atoms with Gasteiger partial charge in [0.25, 0.3) is 0 Å². The Morgan fingerprint density at radius 3 is 2.38 bits per heavy atom. The third-order valence-corrected chi connectivity index (χ3v) is 7.97. The average Bonchev–Trinajstić information content (AvgIpc) is 3.36. The highest BCUT2D eigenvalue weighted by Crippen LogP contribution is 2.30. The maximum Gasteiger partial charge on any atom is 0.243 e. The average molecular weight is 546 g/mol. The van der Waals surface area contributed by atoms with E-state index in [0.717, 1.165) is 16.3 Å². The second-order valence-electron chi connectivity index (χ2n) is 8.91. The smallest absolute Gasteiger partial charge is 0.243 e. The van der Waals surface area contributed by atoms with Gasteiger partial charge >= 0.3 is 0 Å². The molecule has 11 nitrogen and oxygen atoms in total. The highest BCUT2D eigenvalue weighted by atomic mass is 32.2. The molecular formula is C27H27N7O4S. The number of methoxy groups -OCH3 is 2. The van der Waals surface area contributed by atoms with Crippen LogP contribution in [0.3, 0.4) is 0 Å². The quantitative estimate of drug-likeness (QED) is 0.290. The normalized spacial score (nSPS) is 13.2. The van der Waals surface area contributed by atoms with E-state index in [1.54, 1.807) is 35.2 Å². The number of nitrogens with one attached hydrogen (secondary N) is 1. The third kappa shape index (κ3) is 5.29. The number of rotatable bonds is 9. The zero-order valence-corrected chi connectivity index (χ0v) is 22.6. The van der Waals surface area contributed by atoms with E-state index < -0.39 is 21.4 Å². The van der Waals surface area contributed by atoms with E-state index in [0.29, 0.717) is 23.1 Å². The summed E-state index contributed by atoms with van der Waals surface area (Å²) in [6, 6.07) is 18.9. The van der Waals surface area contributed by atoms with Crippen LogP contribution in [-0.2, 0) is 14.8 Å². The van der Waals surface area contributed by atoms with Gasteiger partial charge in [0, 0.05) is 25.6 Å². The SMILES string of the molecule is COc1cccc(-c2nnc(NS(=O)(=O)C(C)C(OC)c3ncc(C)cn3)n2-c2ccc3ccccc3c2)n1. The second-order valence-corrected chi connectivity index (χ2v) is 10.9. The molecule has 0 aliphatic carbocycles. The summed E-state index contributed by atoms with van der Waals surface area (Å²) in [5.41, 5.74) is 1.95. The first-order valence-corrected chi connectivity index (χ1v) is 13.6. The van der Waals surface area contributed by atoms with Gasteiger partial charge in [0.1, 0.15) is 17.0 Å². The Bertz CT molecular complexity index is 1720. The number of sulfonamides is 1. The van der Waals surface area contributed by atoms with Crippen molar-refractivity contribution in [3.63, 3.8) is 0 Å². The van der Waals surface area contributed by atoms with E-state index in [2.05, 4.69) is 29.9 Å². The lowest BCUT2D eigenvalue weighted by molar-refractivity contribution is 0.0949. The van der Waals surface area contributed by atoms with Gasteiger partial charge in [-0.05, 0) is 48.4 Å². The summed E-state index contributed by atoms with van der Waals surface area (Å²) in [5, 5.41) is 9.45. The fraction of sp³-hybridized carbons (Fsp3) is 0.222. The van der Waals surface area contributed by atoms with Crippen LogP contribution in [0.1, 0.15) is 24.4 Å². The van der Waals surface area contributed by atoms with Crippen molar-refractivity contribution in [3.05, 3.63) is 84.4 Å². The minimum Gasteiger partial charge on any atom is -0.481 e. The van der Waals surface area contributed by atoms with Crippen molar-refractivity contribution in [2.45, 2.75) is 25.2 Å². The number of ether oxygens (including phenoxy) is 2. The molecule has 3 aromatic heterocycles. The summed E-state index contributed by atoms with van der Waals surface area (Å²) in [5.74, 6) is 0.978. The first-order valence-electron chi connectivity index (χ1n) is 12.1.